The number of nitro groups is 1. The molecule has 1 amide bonds. The van der Waals surface area contributed by atoms with E-state index < -0.39 is 22.9 Å². The van der Waals surface area contributed by atoms with Crippen LogP contribution in [0.3, 0.4) is 0 Å². The summed E-state index contributed by atoms with van der Waals surface area (Å²) in [6.07, 6.45) is -1.05. The molecule has 2 aromatic carbocycles. The molecule has 0 saturated carbocycles. The fraction of sp³-hybridized carbons (Fsp3) is 0.263. The highest BCUT2D eigenvalue weighted by Crippen LogP contribution is 2.23. The maximum atomic E-state index is 12.4. The quantitative estimate of drug-likeness (QED) is 0.440. The molecule has 0 unspecified atom stereocenters. The average Bonchev–Trinajstić information content (AvgIpc) is 2.66. The summed E-state index contributed by atoms with van der Waals surface area (Å²) < 4.78 is 5.17. The van der Waals surface area contributed by atoms with Gasteiger partial charge in [-0.1, -0.05) is 29.8 Å². The van der Waals surface area contributed by atoms with Crippen LogP contribution in [0.5, 0.6) is 0 Å². The van der Waals surface area contributed by atoms with Gasteiger partial charge in [0.05, 0.1) is 10.5 Å². The number of amides is 1. The molecule has 0 spiro atoms. The van der Waals surface area contributed by atoms with E-state index in [1.165, 1.54) is 19.1 Å². The number of esters is 1. The monoisotopic (exact) mass is 371 g/mol. The van der Waals surface area contributed by atoms with Crippen LogP contribution < -0.4 is 10.6 Å². The van der Waals surface area contributed by atoms with Gasteiger partial charge in [-0.25, -0.2) is 4.79 Å². The van der Waals surface area contributed by atoms with Crippen molar-refractivity contribution in [3.63, 3.8) is 0 Å². The van der Waals surface area contributed by atoms with Gasteiger partial charge in [0.1, 0.15) is 0 Å². The maximum Gasteiger partial charge on any atom is 0.341 e. The third kappa shape index (κ3) is 5.27. The molecule has 0 aliphatic rings. The van der Waals surface area contributed by atoms with Gasteiger partial charge in [-0.05, 0) is 25.5 Å². The van der Waals surface area contributed by atoms with Crippen LogP contribution >= 0.6 is 0 Å². The first-order valence-electron chi connectivity index (χ1n) is 8.32. The lowest BCUT2D eigenvalue weighted by Crippen LogP contribution is -2.35. The Bertz CT molecular complexity index is 849. The molecule has 0 saturated heterocycles. The molecule has 0 fully saturated rings. The van der Waals surface area contributed by atoms with Crippen molar-refractivity contribution in [2.24, 2.45) is 0 Å². The van der Waals surface area contributed by atoms with Crippen LogP contribution in [0.15, 0.2) is 42.5 Å². The number of rotatable bonds is 7. The minimum atomic E-state index is -1.05. The smallest absolute Gasteiger partial charge is 0.341 e. The van der Waals surface area contributed by atoms with Crippen molar-refractivity contribution in [2.45, 2.75) is 26.5 Å². The first-order valence-corrected chi connectivity index (χ1v) is 8.32. The van der Waals surface area contributed by atoms with Crippen LogP contribution in [0, 0.1) is 17.0 Å². The molecule has 0 bridgehead atoms. The van der Waals surface area contributed by atoms with E-state index >= 15 is 0 Å². The van der Waals surface area contributed by atoms with E-state index in [4.69, 9.17) is 4.74 Å². The molecule has 8 heteroatoms. The number of hydrogen-bond donors (Lipinski definition) is 2. The summed E-state index contributed by atoms with van der Waals surface area (Å²) in [4.78, 5) is 34.8. The van der Waals surface area contributed by atoms with Gasteiger partial charge in [0.2, 0.25) is 0 Å². The van der Waals surface area contributed by atoms with Crippen molar-refractivity contribution in [3.8, 4) is 0 Å². The number of carbonyl (C=O) groups is 2. The number of aryl methyl sites for hydroxylation is 1. The van der Waals surface area contributed by atoms with Crippen LogP contribution in [0.2, 0.25) is 0 Å². The molecule has 0 aliphatic carbocycles. The van der Waals surface area contributed by atoms with Gasteiger partial charge in [-0.2, -0.15) is 0 Å². The van der Waals surface area contributed by atoms with Gasteiger partial charge in [0.25, 0.3) is 11.6 Å². The summed E-state index contributed by atoms with van der Waals surface area (Å²) in [6.45, 7) is 3.72. The zero-order valence-electron chi connectivity index (χ0n) is 15.3. The van der Waals surface area contributed by atoms with Crippen molar-refractivity contribution in [3.05, 3.63) is 69.3 Å². The molecule has 2 aromatic rings. The summed E-state index contributed by atoms with van der Waals surface area (Å²) in [5.74, 6) is -1.28. The normalized spacial score (nSPS) is 11.4. The van der Waals surface area contributed by atoms with Crippen LogP contribution in [-0.2, 0) is 16.1 Å². The number of nitrogens with one attached hydrogen (secondary N) is 2. The van der Waals surface area contributed by atoms with Gasteiger partial charge in [-0.15, -0.1) is 0 Å². The molecule has 1 atom stereocenters. The van der Waals surface area contributed by atoms with E-state index in [2.05, 4.69) is 10.6 Å². The van der Waals surface area contributed by atoms with Crippen molar-refractivity contribution >= 4 is 23.3 Å². The highest BCUT2D eigenvalue weighted by molar-refractivity contribution is 5.98. The maximum absolute atomic E-state index is 12.4. The average molecular weight is 371 g/mol. The van der Waals surface area contributed by atoms with E-state index in [9.17, 15) is 19.7 Å². The Labute approximate surface area is 156 Å². The van der Waals surface area contributed by atoms with Crippen LogP contribution in [0.1, 0.15) is 28.4 Å². The second-order valence-corrected chi connectivity index (χ2v) is 5.99. The summed E-state index contributed by atoms with van der Waals surface area (Å²) in [6, 6.07) is 11.5. The predicted octanol–water partition coefficient (Wildman–Crippen LogP) is 2.81. The number of benzene rings is 2. The van der Waals surface area contributed by atoms with Crippen molar-refractivity contribution < 1.29 is 19.2 Å². The van der Waals surface area contributed by atoms with Crippen LogP contribution in [0.4, 0.5) is 11.4 Å². The highest BCUT2D eigenvalue weighted by atomic mass is 16.6. The molecular formula is C19H21N3O5. The first-order chi connectivity index (χ1) is 12.8. The van der Waals surface area contributed by atoms with E-state index in [0.29, 0.717) is 12.2 Å². The molecule has 0 heterocycles. The third-order valence-electron chi connectivity index (χ3n) is 3.94. The molecule has 27 heavy (non-hydrogen) atoms. The Kier molecular flexibility index (Phi) is 6.48. The Morgan fingerprint density at radius 3 is 2.44 bits per heavy atom. The van der Waals surface area contributed by atoms with Gasteiger partial charge >= 0.3 is 5.97 Å². The number of carbonyl (C=O) groups excluding carboxylic acids is 2. The molecule has 142 valence electrons. The molecule has 0 aromatic heterocycles. The molecule has 2 rings (SSSR count). The number of anilines is 1. The van der Waals surface area contributed by atoms with Crippen LogP contribution in [-0.4, -0.2) is 30.0 Å². The number of nitrogens with zero attached hydrogens (tertiary/aromatic N) is 1. The second kappa shape index (κ2) is 8.79. The Hall–Kier alpha value is -3.42. The van der Waals surface area contributed by atoms with Gasteiger partial charge in [0, 0.05) is 31.4 Å². The SMILES string of the molecule is CNc1ccc([N+](=O)[O-])cc1C(=O)O[C@H](C)C(=O)NCc1ccc(C)cc1. The van der Waals surface area contributed by atoms with Crippen molar-refractivity contribution in [2.75, 3.05) is 12.4 Å². The molecular weight excluding hydrogens is 350 g/mol. The Morgan fingerprint density at radius 1 is 1.19 bits per heavy atom. The van der Waals surface area contributed by atoms with Gasteiger partial charge in [0.15, 0.2) is 6.10 Å². The lowest BCUT2D eigenvalue weighted by molar-refractivity contribution is -0.384. The lowest BCUT2D eigenvalue weighted by Gasteiger charge is -2.15. The number of hydrogen-bond acceptors (Lipinski definition) is 6. The van der Waals surface area contributed by atoms with E-state index in [-0.39, 0.29) is 11.3 Å². The summed E-state index contributed by atoms with van der Waals surface area (Å²) in [7, 11) is 1.58. The number of non-ortho nitro benzene ring substituents is 1. The summed E-state index contributed by atoms with van der Waals surface area (Å²) in [5.41, 5.74) is 2.16. The zero-order chi connectivity index (χ0) is 20.0. The Balaban J connectivity index is 2.01. The molecule has 8 nitrogen and oxygen atoms in total. The fourth-order valence-electron chi connectivity index (χ4n) is 2.35. The van der Waals surface area contributed by atoms with E-state index in [0.717, 1.165) is 17.2 Å². The zero-order valence-corrected chi connectivity index (χ0v) is 15.3. The van der Waals surface area contributed by atoms with E-state index in [1.807, 2.05) is 31.2 Å². The molecule has 0 aliphatic heterocycles. The van der Waals surface area contributed by atoms with E-state index in [1.54, 1.807) is 7.05 Å². The highest BCUT2D eigenvalue weighted by Gasteiger charge is 2.22. The summed E-state index contributed by atoms with van der Waals surface area (Å²) in [5, 5.41) is 16.4. The van der Waals surface area contributed by atoms with Crippen LogP contribution in [0.25, 0.3) is 0 Å². The fourth-order valence-corrected chi connectivity index (χ4v) is 2.35. The Morgan fingerprint density at radius 2 is 1.85 bits per heavy atom. The molecule has 2 N–H and O–H groups in total. The van der Waals surface area contributed by atoms with Gasteiger partial charge < -0.3 is 15.4 Å². The van der Waals surface area contributed by atoms with Crippen molar-refractivity contribution in [1.82, 2.24) is 5.32 Å². The predicted molar refractivity (Wildman–Crippen MR) is 101 cm³/mol. The standard InChI is InChI=1S/C19H21N3O5/c1-12-4-6-14(7-5-12)11-21-18(23)13(2)27-19(24)16-10-15(22(25)26)8-9-17(16)20-3/h4-10,13,20H,11H2,1-3H3,(H,21,23)/t13-/m1/s1. The largest absolute Gasteiger partial charge is 0.449 e. The minimum absolute atomic E-state index is 0.00937. The first kappa shape index (κ1) is 19.9. The number of nitro benzene ring substituents is 1. The van der Waals surface area contributed by atoms with Gasteiger partial charge in [-0.3, -0.25) is 14.9 Å². The number of ether oxygens (including phenoxy) is 1. The lowest BCUT2D eigenvalue weighted by atomic mass is 10.1. The van der Waals surface area contributed by atoms with Crippen molar-refractivity contribution in [1.29, 1.82) is 0 Å². The molecule has 0 radical (unpaired) electrons. The minimum Gasteiger partial charge on any atom is -0.449 e. The topological polar surface area (TPSA) is 111 Å². The summed E-state index contributed by atoms with van der Waals surface area (Å²) >= 11 is 0. The third-order valence-corrected chi connectivity index (χ3v) is 3.94. The second-order valence-electron chi connectivity index (χ2n) is 5.99.